The first-order valence-electron chi connectivity index (χ1n) is 8.26. The molecule has 0 spiro atoms. The second-order valence-corrected chi connectivity index (χ2v) is 6.69. The van der Waals surface area contributed by atoms with E-state index in [-0.39, 0.29) is 0 Å². The molecule has 2 unspecified atom stereocenters. The molecule has 2 atom stereocenters. The molecule has 0 bridgehead atoms. The molecule has 122 valence electrons. The standard InChI is InChI=1S/C18H30N4/c1-13(2)22-11-15(4)17(12-22)21-18(19-5)20-10-16-8-6-7-14(3)9-16/h6-9,13,15,17H,10-12H2,1-5H3,(H2,19,20,21). The number of likely N-dealkylation sites (tertiary alicyclic amines) is 1. The fraction of sp³-hybridized carbons (Fsp3) is 0.611. The first kappa shape index (κ1) is 16.8. The summed E-state index contributed by atoms with van der Waals surface area (Å²) < 4.78 is 0. The summed E-state index contributed by atoms with van der Waals surface area (Å²) in [7, 11) is 1.84. The Labute approximate surface area is 135 Å². The molecule has 1 aliphatic rings. The molecule has 1 fully saturated rings. The summed E-state index contributed by atoms with van der Waals surface area (Å²) in [6.45, 7) is 12.0. The van der Waals surface area contributed by atoms with Crippen molar-refractivity contribution < 1.29 is 0 Å². The van der Waals surface area contributed by atoms with E-state index < -0.39 is 0 Å². The van der Waals surface area contributed by atoms with E-state index in [2.05, 4.69) is 72.5 Å². The molecule has 1 aromatic carbocycles. The summed E-state index contributed by atoms with van der Waals surface area (Å²) in [5, 5.41) is 7.01. The van der Waals surface area contributed by atoms with Crippen LogP contribution in [-0.2, 0) is 6.54 Å². The van der Waals surface area contributed by atoms with Crippen LogP contribution < -0.4 is 10.6 Å². The molecule has 1 aromatic rings. The van der Waals surface area contributed by atoms with Crippen LogP contribution in [0, 0.1) is 12.8 Å². The maximum atomic E-state index is 4.37. The number of hydrogen-bond acceptors (Lipinski definition) is 2. The Balaban J connectivity index is 1.88. The van der Waals surface area contributed by atoms with E-state index in [1.807, 2.05) is 7.05 Å². The highest BCUT2D eigenvalue weighted by atomic mass is 15.3. The van der Waals surface area contributed by atoms with Gasteiger partial charge in [0.15, 0.2) is 5.96 Å². The van der Waals surface area contributed by atoms with Crippen LogP contribution in [0.5, 0.6) is 0 Å². The van der Waals surface area contributed by atoms with Gasteiger partial charge in [-0.1, -0.05) is 36.8 Å². The Morgan fingerprint density at radius 3 is 2.73 bits per heavy atom. The van der Waals surface area contributed by atoms with Crippen LogP contribution in [0.15, 0.2) is 29.3 Å². The average Bonchev–Trinajstić information content (AvgIpc) is 2.85. The normalized spacial score (nSPS) is 23.1. The second-order valence-electron chi connectivity index (χ2n) is 6.69. The van der Waals surface area contributed by atoms with Crippen LogP contribution in [-0.4, -0.2) is 43.1 Å². The molecule has 2 N–H and O–H groups in total. The molecule has 2 rings (SSSR count). The van der Waals surface area contributed by atoms with Crippen LogP contribution >= 0.6 is 0 Å². The third-order valence-electron chi connectivity index (χ3n) is 4.46. The zero-order chi connectivity index (χ0) is 16.1. The topological polar surface area (TPSA) is 39.7 Å². The minimum absolute atomic E-state index is 0.464. The molecule has 1 saturated heterocycles. The number of rotatable bonds is 4. The predicted molar refractivity (Wildman–Crippen MR) is 94.2 cm³/mol. The summed E-state index contributed by atoms with van der Waals surface area (Å²) in [5.74, 6) is 1.53. The summed E-state index contributed by atoms with van der Waals surface area (Å²) in [6, 6.07) is 9.65. The molecule has 0 aliphatic carbocycles. The molecule has 4 nitrogen and oxygen atoms in total. The van der Waals surface area contributed by atoms with Crippen LogP contribution in [0.3, 0.4) is 0 Å². The average molecular weight is 302 g/mol. The van der Waals surface area contributed by atoms with Gasteiger partial charge in [-0.25, -0.2) is 0 Å². The van der Waals surface area contributed by atoms with Crippen LogP contribution in [0.1, 0.15) is 31.9 Å². The number of aliphatic imine (C=N–C) groups is 1. The zero-order valence-corrected chi connectivity index (χ0v) is 14.6. The molecule has 0 amide bonds. The van der Waals surface area contributed by atoms with Gasteiger partial charge in [-0.2, -0.15) is 0 Å². The maximum Gasteiger partial charge on any atom is 0.191 e. The van der Waals surface area contributed by atoms with Crippen molar-refractivity contribution in [1.82, 2.24) is 15.5 Å². The zero-order valence-electron chi connectivity index (χ0n) is 14.6. The molecular formula is C18H30N4. The lowest BCUT2D eigenvalue weighted by Gasteiger charge is -2.22. The van der Waals surface area contributed by atoms with E-state index in [9.17, 15) is 0 Å². The van der Waals surface area contributed by atoms with Crippen molar-refractivity contribution in [2.45, 2.75) is 46.3 Å². The van der Waals surface area contributed by atoms with E-state index in [1.165, 1.54) is 11.1 Å². The predicted octanol–water partition coefficient (Wildman–Crippen LogP) is 2.39. The van der Waals surface area contributed by atoms with Gasteiger partial charge in [0.2, 0.25) is 0 Å². The Bertz CT molecular complexity index is 510. The lowest BCUT2D eigenvalue weighted by Crippen LogP contribution is -2.46. The summed E-state index contributed by atoms with van der Waals surface area (Å²) >= 11 is 0. The van der Waals surface area contributed by atoms with Crippen molar-refractivity contribution in [1.29, 1.82) is 0 Å². The third kappa shape index (κ3) is 4.47. The van der Waals surface area contributed by atoms with Gasteiger partial charge in [0.05, 0.1) is 0 Å². The van der Waals surface area contributed by atoms with E-state index in [0.29, 0.717) is 18.0 Å². The molecule has 0 radical (unpaired) electrons. The fourth-order valence-corrected chi connectivity index (χ4v) is 2.99. The van der Waals surface area contributed by atoms with Crippen molar-refractivity contribution in [3.8, 4) is 0 Å². The number of hydrogen-bond donors (Lipinski definition) is 2. The molecule has 22 heavy (non-hydrogen) atoms. The van der Waals surface area contributed by atoms with Gasteiger partial charge in [0.25, 0.3) is 0 Å². The lowest BCUT2D eigenvalue weighted by molar-refractivity contribution is 0.265. The van der Waals surface area contributed by atoms with Crippen LogP contribution in [0.2, 0.25) is 0 Å². The largest absolute Gasteiger partial charge is 0.352 e. The van der Waals surface area contributed by atoms with Crippen molar-refractivity contribution in [3.63, 3.8) is 0 Å². The molecule has 0 aromatic heterocycles. The van der Waals surface area contributed by atoms with Crippen molar-refractivity contribution >= 4 is 5.96 Å². The molecule has 1 heterocycles. The lowest BCUT2D eigenvalue weighted by atomic mass is 10.1. The van der Waals surface area contributed by atoms with E-state index in [0.717, 1.165) is 25.6 Å². The first-order chi connectivity index (χ1) is 10.5. The minimum atomic E-state index is 0.464. The minimum Gasteiger partial charge on any atom is -0.352 e. The molecular weight excluding hydrogens is 272 g/mol. The SMILES string of the molecule is CN=C(NCc1cccc(C)c1)NC1CN(C(C)C)CC1C. The monoisotopic (exact) mass is 302 g/mol. The number of aryl methyl sites for hydroxylation is 1. The molecule has 4 heteroatoms. The number of benzene rings is 1. The Morgan fingerprint density at radius 1 is 1.36 bits per heavy atom. The third-order valence-corrected chi connectivity index (χ3v) is 4.46. The van der Waals surface area contributed by atoms with Gasteiger partial charge in [-0.15, -0.1) is 0 Å². The van der Waals surface area contributed by atoms with Gasteiger partial charge in [-0.05, 0) is 32.3 Å². The highest BCUT2D eigenvalue weighted by Crippen LogP contribution is 2.18. The van der Waals surface area contributed by atoms with Gasteiger partial charge in [-0.3, -0.25) is 9.89 Å². The highest BCUT2D eigenvalue weighted by molar-refractivity contribution is 5.80. The fourth-order valence-electron chi connectivity index (χ4n) is 2.99. The number of guanidine groups is 1. The van der Waals surface area contributed by atoms with Gasteiger partial charge in [0.1, 0.15) is 0 Å². The summed E-state index contributed by atoms with van der Waals surface area (Å²) in [6.07, 6.45) is 0. The Kier molecular flexibility index (Phi) is 5.83. The Hall–Kier alpha value is -1.55. The smallest absolute Gasteiger partial charge is 0.191 e. The quantitative estimate of drug-likeness (QED) is 0.663. The van der Waals surface area contributed by atoms with E-state index in [4.69, 9.17) is 0 Å². The molecule has 0 saturated carbocycles. The van der Waals surface area contributed by atoms with E-state index in [1.54, 1.807) is 0 Å². The van der Waals surface area contributed by atoms with Crippen LogP contribution in [0.25, 0.3) is 0 Å². The van der Waals surface area contributed by atoms with E-state index >= 15 is 0 Å². The number of nitrogens with one attached hydrogen (secondary N) is 2. The first-order valence-corrected chi connectivity index (χ1v) is 8.26. The second kappa shape index (κ2) is 7.63. The van der Waals surface area contributed by atoms with Gasteiger partial charge in [0, 0.05) is 38.8 Å². The van der Waals surface area contributed by atoms with Crippen molar-refractivity contribution in [2.24, 2.45) is 10.9 Å². The van der Waals surface area contributed by atoms with Crippen molar-refractivity contribution in [2.75, 3.05) is 20.1 Å². The Morgan fingerprint density at radius 2 is 2.14 bits per heavy atom. The summed E-state index contributed by atoms with van der Waals surface area (Å²) in [5.41, 5.74) is 2.57. The van der Waals surface area contributed by atoms with Crippen molar-refractivity contribution in [3.05, 3.63) is 35.4 Å². The summed E-state index contributed by atoms with van der Waals surface area (Å²) in [4.78, 5) is 6.89. The highest BCUT2D eigenvalue weighted by Gasteiger charge is 2.31. The van der Waals surface area contributed by atoms with Gasteiger partial charge < -0.3 is 10.6 Å². The number of nitrogens with zero attached hydrogens (tertiary/aromatic N) is 2. The van der Waals surface area contributed by atoms with Gasteiger partial charge >= 0.3 is 0 Å². The van der Waals surface area contributed by atoms with Crippen LogP contribution in [0.4, 0.5) is 0 Å². The maximum absolute atomic E-state index is 4.37. The molecule has 1 aliphatic heterocycles.